The lowest BCUT2D eigenvalue weighted by Gasteiger charge is -2.34. The van der Waals surface area contributed by atoms with E-state index in [1.807, 2.05) is 24.3 Å². The lowest BCUT2D eigenvalue weighted by Crippen LogP contribution is -2.39. The molecule has 3 heterocycles. The molecule has 110 valence electrons. The fourth-order valence-electron chi connectivity index (χ4n) is 4.01. The number of Topliss-reactive ketones (excluding diaryl/α,β-unsaturated/α-hetero) is 1. The summed E-state index contributed by atoms with van der Waals surface area (Å²) in [6.07, 6.45) is 5.77. The van der Waals surface area contributed by atoms with Gasteiger partial charge in [-0.1, -0.05) is 18.2 Å². The number of fused-ring (bicyclic) bond motifs is 2. The van der Waals surface area contributed by atoms with Crippen molar-refractivity contribution in [1.29, 1.82) is 0 Å². The zero-order chi connectivity index (χ0) is 14.2. The third-order valence-electron chi connectivity index (χ3n) is 5.11. The molecule has 21 heavy (non-hydrogen) atoms. The highest BCUT2D eigenvalue weighted by Crippen LogP contribution is 2.32. The van der Waals surface area contributed by atoms with Crippen molar-refractivity contribution in [3.8, 4) is 0 Å². The van der Waals surface area contributed by atoms with E-state index >= 15 is 0 Å². The summed E-state index contributed by atoms with van der Waals surface area (Å²) >= 11 is 0. The molecule has 0 unspecified atom stereocenters. The van der Waals surface area contributed by atoms with Crippen molar-refractivity contribution < 1.29 is 4.79 Å². The minimum absolute atomic E-state index is 0.190. The summed E-state index contributed by atoms with van der Waals surface area (Å²) in [7, 11) is 0. The molecule has 1 aromatic heterocycles. The van der Waals surface area contributed by atoms with Gasteiger partial charge in [0.1, 0.15) is 5.69 Å². The highest BCUT2D eigenvalue weighted by molar-refractivity contribution is 6.05. The Bertz CT molecular complexity index is 663. The van der Waals surface area contributed by atoms with E-state index in [1.54, 1.807) is 0 Å². The van der Waals surface area contributed by atoms with Crippen LogP contribution in [0.25, 0.3) is 10.9 Å². The van der Waals surface area contributed by atoms with Crippen LogP contribution in [0.15, 0.2) is 24.3 Å². The number of benzene rings is 1. The summed E-state index contributed by atoms with van der Waals surface area (Å²) in [6, 6.07) is 8.66. The number of piperidine rings is 1. The molecular weight excluding hydrogens is 262 g/mol. The van der Waals surface area contributed by atoms with Crippen molar-refractivity contribution in [3.05, 3.63) is 30.0 Å². The molecular formula is C17H21N3O. The Kier molecular flexibility index (Phi) is 3.26. The maximum Gasteiger partial charge on any atom is 0.184 e. The normalized spacial score (nSPS) is 26.1. The van der Waals surface area contributed by atoms with E-state index in [1.165, 1.54) is 32.2 Å². The summed E-state index contributed by atoms with van der Waals surface area (Å²) < 4.78 is 0. The molecule has 0 aliphatic carbocycles. The zero-order valence-electron chi connectivity index (χ0n) is 12.2. The molecule has 0 amide bonds. The number of carbonyl (C=O) groups is 1. The lowest BCUT2D eigenvalue weighted by atomic mass is 9.89. The Morgan fingerprint density at radius 1 is 1.29 bits per heavy atom. The third-order valence-corrected chi connectivity index (χ3v) is 5.11. The van der Waals surface area contributed by atoms with Gasteiger partial charge in [0.2, 0.25) is 0 Å². The molecule has 0 saturated carbocycles. The zero-order valence-corrected chi connectivity index (χ0v) is 12.2. The van der Waals surface area contributed by atoms with Gasteiger partial charge in [0.15, 0.2) is 5.78 Å². The van der Waals surface area contributed by atoms with Gasteiger partial charge >= 0.3 is 0 Å². The lowest BCUT2D eigenvalue weighted by molar-refractivity contribution is 0.0891. The summed E-state index contributed by atoms with van der Waals surface area (Å²) in [6.45, 7) is 2.32. The topological polar surface area (TPSA) is 49.0 Å². The van der Waals surface area contributed by atoms with Crippen molar-refractivity contribution in [3.63, 3.8) is 0 Å². The standard InChI is InChI=1S/C17H21N3O/c21-16(17-14-5-1-2-6-15(14)18-19-17)10-12-7-8-13-4-3-9-20(13)11-12/h1-2,5-6,12-13H,3-4,7-11H2,(H,18,19)/t12-,13-/m0/s1. The molecule has 2 atom stereocenters. The predicted octanol–water partition coefficient (Wildman–Crippen LogP) is 3.01. The van der Waals surface area contributed by atoms with Gasteiger partial charge in [-0.25, -0.2) is 0 Å². The first-order chi connectivity index (χ1) is 10.3. The van der Waals surface area contributed by atoms with Crippen molar-refractivity contribution in [2.75, 3.05) is 13.1 Å². The van der Waals surface area contributed by atoms with Gasteiger partial charge in [-0.3, -0.25) is 9.89 Å². The van der Waals surface area contributed by atoms with E-state index in [0.717, 1.165) is 23.5 Å². The predicted molar refractivity (Wildman–Crippen MR) is 82.4 cm³/mol. The molecule has 4 rings (SSSR count). The van der Waals surface area contributed by atoms with Crippen LogP contribution in [-0.2, 0) is 0 Å². The number of aromatic nitrogens is 2. The van der Waals surface area contributed by atoms with Crippen molar-refractivity contribution in [2.24, 2.45) is 5.92 Å². The Labute approximate surface area is 124 Å². The highest BCUT2D eigenvalue weighted by atomic mass is 16.1. The number of nitrogens with zero attached hydrogens (tertiary/aromatic N) is 2. The van der Waals surface area contributed by atoms with E-state index in [0.29, 0.717) is 18.0 Å². The number of aromatic amines is 1. The Balaban J connectivity index is 1.48. The van der Waals surface area contributed by atoms with Crippen molar-refractivity contribution >= 4 is 16.7 Å². The van der Waals surface area contributed by atoms with Gasteiger partial charge in [-0.15, -0.1) is 0 Å². The molecule has 2 aromatic rings. The number of rotatable bonds is 3. The number of hydrogen-bond acceptors (Lipinski definition) is 3. The van der Waals surface area contributed by atoms with E-state index < -0.39 is 0 Å². The molecule has 2 fully saturated rings. The first-order valence-electron chi connectivity index (χ1n) is 8.01. The van der Waals surface area contributed by atoms with Crippen LogP contribution in [0, 0.1) is 5.92 Å². The van der Waals surface area contributed by atoms with Crippen LogP contribution >= 0.6 is 0 Å². The molecule has 1 aromatic carbocycles. The van der Waals surface area contributed by atoms with E-state index in [-0.39, 0.29) is 5.78 Å². The SMILES string of the molecule is O=C(C[C@@H]1CC[C@@H]2CCCN2C1)c1n[nH]c2ccccc12. The van der Waals surface area contributed by atoms with Crippen LogP contribution < -0.4 is 0 Å². The highest BCUT2D eigenvalue weighted by Gasteiger charge is 2.32. The van der Waals surface area contributed by atoms with Gasteiger partial charge in [0, 0.05) is 24.4 Å². The van der Waals surface area contributed by atoms with E-state index in [9.17, 15) is 4.79 Å². The second-order valence-corrected chi connectivity index (χ2v) is 6.48. The van der Waals surface area contributed by atoms with Gasteiger partial charge in [0.25, 0.3) is 0 Å². The second kappa shape index (κ2) is 5.26. The monoisotopic (exact) mass is 283 g/mol. The number of para-hydroxylation sites is 1. The minimum atomic E-state index is 0.190. The average molecular weight is 283 g/mol. The molecule has 0 spiro atoms. The first kappa shape index (κ1) is 13.0. The molecule has 1 N–H and O–H groups in total. The number of H-pyrrole nitrogens is 1. The van der Waals surface area contributed by atoms with Crippen molar-refractivity contribution in [1.82, 2.24) is 15.1 Å². The number of ketones is 1. The van der Waals surface area contributed by atoms with Gasteiger partial charge in [-0.05, 0) is 44.2 Å². The molecule has 0 bridgehead atoms. The summed E-state index contributed by atoms with van der Waals surface area (Å²) in [5.41, 5.74) is 1.57. The number of carbonyl (C=O) groups excluding carboxylic acids is 1. The van der Waals surface area contributed by atoms with Crippen molar-refractivity contribution in [2.45, 2.75) is 38.1 Å². The fraction of sp³-hybridized carbons (Fsp3) is 0.529. The summed E-state index contributed by atoms with van der Waals surface area (Å²) in [5.74, 6) is 0.692. The number of hydrogen-bond donors (Lipinski definition) is 1. The Hall–Kier alpha value is -1.68. The first-order valence-corrected chi connectivity index (χ1v) is 8.01. The largest absolute Gasteiger partial charge is 0.300 e. The van der Waals surface area contributed by atoms with Crippen LogP contribution in [-0.4, -0.2) is 40.0 Å². The van der Waals surface area contributed by atoms with Crippen LogP contribution in [0.5, 0.6) is 0 Å². The fourth-order valence-corrected chi connectivity index (χ4v) is 4.01. The van der Waals surface area contributed by atoms with Gasteiger partial charge in [0.05, 0.1) is 5.52 Å². The molecule has 2 aliphatic rings. The maximum absolute atomic E-state index is 12.6. The Morgan fingerprint density at radius 2 is 2.19 bits per heavy atom. The Morgan fingerprint density at radius 3 is 3.14 bits per heavy atom. The van der Waals surface area contributed by atoms with Crippen LogP contribution in [0.1, 0.15) is 42.6 Å². The van der Waals surface area contributed by atoms with E-state index in [4.69, 9.17) is 0 Å². The molecule has 2 aliphatic heterocycles. The molecule has 4 nitrogen and oxygen atoms in total. The smallest absolute Gasteiger partial charge is 0.184 e. The summed E-state index contributed by atoms with van der Waals surface area (Å²) in [4.78, 5) is 15.2. The van der Waals surface area contributed by atoms with Gasteiger partial charge < -0.3 is 4.90 Å². The minimum Gasteiger partial charge on any atom is -0.300 e. The van der Waals surface area contributed by atoms with Crippen LogP contribution in [0.3, 0.4) is 0 Å². The average Bonchev–Trinajstić information content (AvgIpc) is 3.13. The van der Waals surface area contributed by atoms with Crippen LogP contribution in [0.4, 0.5) is 0 Å². The maximum atomic E-state index is 12.6. The van der Waals surface area contributed by atoms with E-state index in [2.05, 4.69) is 15.1 Å². The van der Waals surface area contributed by atoms with Crippen LogP contribution in [0.2, 0.25) is 0 Å². The summed E-state index contributed by atoms with van der Waals surface area (Å²) in [5, 5.41) is 8.16. The molecule has 0 radical (unpaired) electrons. The third kappa shape index (κ3) is 2.38. The second-order valence-electron chi connectivity index (χ2n) is 6.48. The number of nitrogens with one attached hydrogen (secondary N) is 1. The quantitative estimate of drug-likeness (QED) is 0.881. The molecule has 2 saturated heterocycles. The van der Waals surface area contributed by atoms with Gasteiger partial charge in [-0.2, -0.15) is 5.10 Å². The molecule has 4 heteroatoms.